The lowest BCUT2D eigenvalue weighted by molar-refractivity contribution is -0.0704. The molecule has 1 aliphatic heterocycles. The van der Waals surface area contributed by atoms with Crippen LogP contribution in [0.2, 0.25) is 0 Å². The highest BCUT2D eigenvalue weighted by atomic mass is 16.5. The van der Waals surface area contributed by atoms with Gasteiger partial charge in [-0.15, -0.1) is 0 Å². The lowest BCUT2D eigenvalue weighted by atomic mass is 10.1. The minimum atomic E-state index is -0.177. The predicted molar refractivity (Wildman–Crippen MR) is 113 cm³/mol. The first-order valence-corrected chi connectivity index (χ1v) is 9.91. The van der Waals surface area contributed by atoms with E-state index in [2.05, 4.69) is 36.2 Å². The van der Waals surface area contributed by atoms with Crippen LogP contribution in [0.3, 0.4) is 0 Å². The Morgan fingerprint density at radius 2 is 1.93 bits per heavy atom. The van der Waals surface area contributed by atoms with Gasteiger partial charge in [-0.1, -0.05) is 30.3 Å². The number of nitrogens with zero attached hydrogens (tertiary/aromatic N) is 3. The zero-order chi connectivity index (χ0) is 20.8. The Labute approximate surface area is 172 Å². The van der Waals surface area contributed by atoms with Crippen molar-refractivity contribution in [1.82, 2.24) is 9.80 Å². The summed E-state index contributed by atoms with van der Waals surface area (Å²) in [5.41, 5.74) is 3.42. The van der Waals surface area contributed by atoms with E-state index in [4.69, 9.17) is 10.00 Å². The molecule has 2 atom stereocenters. The number of nitriles is 1. The van der Waals surface area contributed by atoms with Gasteiger partial charge in [-0.3, -0.25) is 4.90 Å². The quantitative estimate of drug-likeness (QED) is 0.840. The van der Waals surface area contributed by atoms with E-state index in [-0.39, 0.29) is 18.2 Å². The molecule has 6 nitrogen and oxygen atoms in total. The Bertz CT molecular complexity index is 882. The molecule has 0 aliphatic carbocycles. The van der Waals surface area contributed by atoms with Crippen molar-refractivity contribution >= 4 is 11.7 Å². The van der Waals surface area contributed by atoms with Crippen LogP contribution in [0, 0.1) is 11.3 Å². The number of rotatable bonds is 5. The number of anilines is 1. The number of benzene rings is 2. The molecule has 0 bridgehead atoms. The van der Waals surface area contributed by atoms with E-state index in [0.717, 1.165) is 36.4 Å². The van der Waals surface area contributed by atoms with Crippen molar-refractivity contribution < 1.29 is 9.53 Å². The zero-order valence-electron chi connectivity index (χ0n) is 17.3. The molecule has 3 rings (SSSR count). The molecule has 1 heterocycles. The molecule has 0 saturated carbocycles. The molecule has 0 spiro atoms. The van der Waals surface area contributed by atoms with Gasteiger partial charge in [0, 0.05) is 38.9 Å². The molecule has 29 heavy (non-hydrogen) atoms. The number of carbonyl (C=O) groups is 1. The van der Waals surface area contributed by atoms with Crippen molar-refractivity contribution in [3.8, 4) is 6.07 Å². The number of amides is 2. The lowest BCUT2D eigenvalue weighted by Gasteiger charge is -2.35. The summed E-state index contributed by atoms with van der Waals surface area (Å²) in [5, 5.41) is 12.1. The topological polar surface area (TPSA) is 68.6 Å². The van der Waals surface area contributed by atoms with Crippen LogP contribution < -0.4 is 5.32 Å². The number of nitrogens with one attached hydrogen (secondary N) is 1. The standard InChI is InChI=1S/C23H28N4O2/c1-17-13-27(14-18(2)29-17)16-21-9-4-5-10-22(21)25-23(28)26(3)15-20-8-6-7-19(11-20)12-24/h4-11,17-18H,13-16H2,1-3H3,(H,25,28). The van der Waals surface area contributed by atoms with Crippen molar-refractivity contribution in [2.45, 2.75) is 39.1 Å². The van der Waals surface area contributed by atoms with Crippen LogP contribution in [0.15, 0.2) is 48.5 Å². The molecule has 1 aliphatic rings. The molecule has 2 unspecified atom stereocenters. The van der Waals surface area contributed by atoms with Gasteiger partial charge in [0.25, 0.3) is 0 Å². The van der Waals surface area contributed by atoms with Gasteiger partial charge in [0.15, 0.2) is 0 Å². The molecule has 1 saturated heterocycles. The molecule has 2 aromatic rings. The summed E-state index contributed by atoms with van der Waals surface area (Å²) in [6.45, 7) is 7.13. The molecule has 0 aromatic heterocycles. The minimum absolute atomic E-state index is 0.177. The van der Waals surface area contributed by atoms with E-state index in [9.17, 15) is 4.79 Å². The molecule has 0 radical (unpaired) electrons. The van der Waals surface area contributed by atoms with Gasteiger partial charge in [-0.2, -0.15) is 5.26 Å². The third-order valence-electron chi connectivity index (χ3n) is 4.97. The molecule has 152 valence electrons. The largest absolute Gasteiger partial charge is 0.373 e. The molecule has 1 fully saturated rings. The fourth-order valence-electron chi connectivity index (χ4n) is 3.73. The van der Waals surface area contributed by atoms with Gasteiger partial charge in [-0.05, 0) is 43.2 Å². The third-order valence-corrected chi connectivity index (χ3v) is 4.97. The number of carbonyl (C=O) groups excluding carboxylic acids is 1. The number of ether oxygens (including phenoxy) is 1. The molecular weight excluding hydrogens is 364 g/mol. The normalized spacial score (nSPS) is 19.4. The molecular formula is C23H28N4O2. The number of urea groups is 1. The first-order chi connectivity index (χ1) is 13.9. The highest BCUT2D eigenvalue weighted by molar-refractivity contribution is 5.90. The smallest absolute Gasteiger partial charge is 0.321 e. The van der Waals surface area contributed by atoms with Crippen LogP contribution in [-0.2, 0) is 17.8 Å². The van der Waals surface area contributed by atoms with E-state index in [1.165, 1.54) is 0 Å². The van der Waals surface area contributed by atoms with E-state index in [1.54, 1.807) is 24.1 Å². The highest BCUT2D eigenvalue weighted by Crippen LogP contribution is 2.21. The maximum Gasteiger partial charge on any atom is 0.321 e. The van der Waals surface area contributed by atoms with Gasteiger partial charge < -0.3 is 15.0 Å². The first kappa shape index (κ1) is 20.8. The van der Waals surface area contributed by atoms with Crippen LogP contribution in [-0.4, -0.2) is 48.2 Å². The summed E-state index contributed by atoms with van der Waals surface area (Å²) in [6, 6.07) is 17.2. The monoisotopic (exact) mass is 392 g/mol. The molecule has 2 amide bonds. The number of morpholine rings is 1. The van der Waals surface area contributed by atoms with E-state index in [1.807, 2.05) is 30.3 Å². The van der Waals surface area contributed by atoms with Crippen LogP contribution in [0.1, 0.15) is 30.5 Å². The summed E-state index contributed by atoms with van der Waals surface area (Å²) in [5.74, 6) is 0. The van der Waals surface area contributed by atoms with Crippen molar-refractivity contribution in [3.05, 3.63) is 65.2 Å². The van der Waals surface area contributed by atoms with Gasteiger partial charge in [0.05, 0.1) is 23.8 Å². The van der Waals surface area contributed by atoms with Crippen LogP contribution in [0.25, 0.3) is 0 Å². The first-order valence-electron chi connectivity index (χ1n) is 9.91. The van der Waals surface area contributed by atoms with Crippen molar-refractivity contribution in [2.24, 2.45) is 0 Å². The highest BCUT2D eigenvalue weighted by Gasteiger charge is 2.23. The van der Waals surface area contributed by atoms with Gasteiger partial charge >= 0.3 is 6.03 Å². The predicted octanol–water partition coefficient (Wildman–Crippen LogP) is 3.83. The number of para-hydroxylation sites is 1. The molecule has 2 aromatic carbocycles. The lowest BCUT2D eigenvalue weighted by Crippen LogP contribution is -2.45. The zero-order valence-corrected chi connectivity index (χ0v) is 17.3. The van der Waals surface area contributed by atoms with Crippen molar-refractivity contribution in [1.29, 1.82) is 5.26 Å². The maximum atomic E-state index is 12.7. The van der Waals surface area contributed by atoms with Crippen LogP contribution >= 0.6 is 0 Å². The van der Waals surface area contributed by atoms with Gasteiger partial charge in [0.1, 0.15) is 0 Å². The SMILES string of the molecule is CC1CN(Cc2ccccc2NC(=O)N(C)Cc2cccc(C#N)c2)CC(C)O1. The Morgan fingerprint density at radius 1 is 1.21 bits per heavy atom. The fourth-order valence-corrected chi connectivity index (χ4v) is 3.73. The van der Waals surface area contributed by atoms with Gasteiger partial charge in [0.2, 0.25) is 0 Å². The fraction of sp³-hybridized carbons (Fsp3) is 0.391. The second-order valence-electron chi connectivity index (χ2n) is 7.71. The molecule has 1 N–H and O–H groups in total. The Balaban J connectivity index is 1.65. The van der Waals surface area contributed by atoms with E-state index in [0.29, 0.717) is 12.1 Å². The van der Waals surface area contributed by atoms with Gasteiger partial charge in [-0.25, -0.2) is 4.79 Å². The third kappa shape index (κ3) is 5.80. The van der Waals surface area contributed by atoms with E-state index >= 15 is 0 Å². The average molecular weight is 393 g/mol. The summed E-state index contributed by atoms with van der Waals surface area (Å²) < 4.78 is 5.82. The average Bonchev–Trinajstić information content (AvgIpc) is 2.68. The van der Waals surface area contributed by atoms with E-state index < -0.39 is 0 Å². The Kier molecular flexibility index (Phi) is 6.86. The molecule has 6 heteroatoms. The summed E-state index contributed by atoms with van der Waals surface area (Å²) in [4.78, 5) is 16.7. The summed E-state index contributed by atoms with van der Waals surface area (Å²) in [6.07, 6.45) is 0.409. The Hall–Kier alpha value is -2.88. The second kappa shape index (κ2) is 9.55. The second-order valence-corrected chi connectivity index (χ2v) is 7.71. The number of hydrogen-bond acceptors (Lipinski definition) is 4. The van der Waals surface area contributed by atoms with Crippen molar-refractivity contribution in [3.63, 3.8) is 0 Å². The Morgan fingerprint density at radius 3 is 2.66 bits per heavy atom. The van der Waals surface area contributed by atoms with Crippen molar-refractivity contribution in [2.75, 3.05) is 25.5 Å². The minimum Gasteiger partial charge on any atom is -0.373 e. The number of hydrogen-bond donors (Lipinski definition) is 1. The maximum absolute atomic E-state index is 12.7. The van der Waals surface area contributed by atoms with Crippen LogP contribution in [0.5, 0.6) is 0 Å². The summed E-state index contributed by atoms with van der Waals surface area (Å²) in [7, 11) is 1.75. The van der Waals surface area contributed by atoms with Crippen LogP contribution in [0.4, 0.5) is 10.5 Å². The summed E-state index contributed by atoms with van der Waals surface area (Å²) >= 11 is 0.